The highest BCUT2D eigenvalue weighted by molar-refractivity contribution is 7.91. The molecule has 0 aliphatic heterocycles. The normalized spacial score (nSPS) is 11.7. The van der Waals surface area contributed by atoms with Gasteiger partial charge in [-0.3, -0.25) is 4.98 Å². The van der Waals surface area contributed by atoms with Gasteiger partial charge in [-0.1, -0.05) is 0 Å². The molecule has 0 spiro atoms. The average Bonchev–Trinajstić information content (AvgIpc) is 2.87. The third kappa shape index (κ3) is 3.38. The number of sulfonamides is 1. The Kier molecular flexibility index (Phi) is 4.31. The molecule has 7 heteroatoms. The van der Waals surface area contributed by atoms with Crippen LogP contribution in [0, 0.1) is 6.92 Å². The summed E-state index contributed by atoms with van der Waals surface area (Å²) in [5.41, 5.74) is 2.43. The quantitative estimate of drug-likeness (QED) is 0.875. The molecule has 19 heavy (non-hydrogen) atoms. The summed E-state index contributed by atoms with van der Waals surface area (Å²) >= 11 is 1.10. The van der Waals surface area contributed by atoms with Crippen molar-refractivity contribution in [2.45, 2.75) is 24.3 Å². The second-order valence-electron chi connectivity index (χ2n) is 4.06. The molecule has 0 saturated carbocycles. The standard InChI is InChI=1S/C12H14N2O3S2/c1-9-5-13-3-2-11(9)6-14-19(16,17)12-4-10(7-15)8-18-12/h2-5,8,14-15H,6-7H2,1H3. The second kappa shape index (κ2) is 5.79. The van der Waals surface area contributed by atoms with Crippen molar-refractivity contribution >= 4 is 21.4 Å². The first-order valence-electron chi connectivity index (χ1n) is 5.60. The van der Waals surface area contributed by atoms with E-state index < -0.39 is 10.0 Å². The summed E-state index contributed by atoms with van der Waals surface area (Å²) in [7, 11) is -3.53. The molecule has 2 rings (SSSR count). The van der Waals surface area contributed by atoms with Gasteiger partial charge in [-0.15, -0.1) is 11.3 Å². The number of aliphatic hydroxyl groups is 1. The largest absolute Gasteiger partial charge is 0.392 e. The molecule has 0 fully saturated rings. The molecular formula is C12H14N2O3S2. The Morgan fingerprint density at radius 3 is 2.89 bits per heavy atom. The molecule has 0 atom stereocenters. The summed E-state index contributed by atoms with van der Waals surface area (Å²) in [5.74, 6) is 0. The van der Waals surface area contributed by atoms with Crippen molar-refractivity contribution in [3.63, 3.8) is 0 Å². The van der Waals surface area contributed by atoms with Crippen molar-refractivity contribution in [3.8, 4) is 0 Å². The Balaban J connectivity index is 2.12. The maximum Gasteiger partial charge on any atom is 0.250 e. The summed E-state index contributed by atoms with van der Waals surface area (Å²) in [6.07, 6.45) is 3.32. The number of thiophene rings is 1. The third-order valence-electron chi connectivity index (χ3n) is 2.67. The van der Waals surface area contributed by atoms with E-state index in [2.05, 4.69) is 9.71 Å². The predicted molar refractivity (Wildman–Crippen MR) is 73.2 cm³/mol. The van der Waals surface area contributed by atoms with Gasteiger partial charge >= 0.3 is 0 Å². The molecule has 102 valence electrons. The summed E-state index contributed by atoms with van der Waals surface area (Å²) in [6, 6.07) is 3.26. The van der Waals surface area contributed by atoms with Gasteiger partial charge in [0.15, 0.2) is 0 Å². The van der Waals surface area contributed by atoms with Crippen LogP contribution in [0.25, 0.3) is 0 Å². The Hall–Kier alpha value is -1.28. The molecule has 0 aliphatic carbocycles. The molecule has 0 unspecified atom stereocenters. The predicted octanol–water partition coefficient (Wildman–Crippen LogP) is 1.42. The van der Waals surface area contributed by atoms with Crippen LogP contribution in [0.15, 0.2) is 34.1 Å². The number of rotatable bonds is 5. The van der Waals surface area contributed by atoms with Gasteiger partial charge in [-0.05, 0) is 41.1 Å². The molecule has 0 aromatic carbocycles. The maximum absolute atomic E-state index is 12.0. The van der Waals surface area contributed by atoms with Crippen LogP contribution in [-0.4, -0.2) is 18.5 Å². The van der Waals surface area contributed by atoms with Crippen LogP contribution in [0.1, 0.15) is 16.7 Å². The van der Waals surface area contributed by atoms with E-state index in [1.54, 1.807) is 23.8 Å². The average molecular weight is 298 g/mol. The fraction of sp³-hybridized carbons (Fsp3) is 0.250. The number of aliphatic hydroxyl groups excluding tert-OH is 1. The van der Waals surface area contributed by atoms with Gasteiger partial charge in [0.1, 0.15) is 4.21 Å². The van der Waals surface area contributed by atoms with Crippen molar-refractivity contribution in [1.29, 1.82) is 0 Å². The van der Waals surface area contributed by atoms with Crippen molar-refractivity contribution < 1.29 is 13.5 Å². The van der Waals surface area contributed by atoms with Crippen LogP contribution in [0.3, 0.4) is 0 Å². The fourth-order valence-electron chi connectivity index (χ4n) is 1.52. The number of aromatic nitrogens is 1. The van der Waals surface area contributed by atoms with Gasteiger partial charge in [0.2, 0.25) is 10.0 Å². The summed E-state index contributed by atoms with van der Waals surface area (Å²) in [5, 5.41) is 10.6. The zero-order valence-electron chi connectivity index (χ0n) is 10.3. The summed E-state index contributed by atoms with van der Waals surface area (Å²) < 4.78 is 26.9. The maximum atomic E-state index is 12.0. The highest BCUT2D eigenvalue weighted by Gasteiger charge is 2.16. The minimum atomic E-state index is -3.53. The minimum absolute atomic E-state index is 0.157. The van der Waals surface area contributed by atoms with Crippen LogP contribution >= 0.6 is 11.3 Å². The van der Waals surface area contributed by atoms with E-state index in [-0.39, 0.29) is 17.4 Å². The highest BCUT2D eigenvalue weighted by atomic mass is 32.2. The lowest BCUT2D eigenvalue weighted by atomic mass is 10.2. The van der Waals surface area contributed by atoms with Gasteiger partial charge in [0.05, 0.1) is 6.61 Å². The van der Waals surface area contributed by atoms with Crippen molar-refractivity contribution in [2.24, 2.45) is 0 Å². The molecule has 2 aromatic heterocycles. The molecule has 0 bridgehead atoms. The van der Waals surface area contributed by atoms with E-state index in [1.165, 1.54) is 6.07 Å². The van der Waals surface area contributed by atoms with Crippen molar-refractivity contribution in [3.05, 3.63) is 46.6 Å². The third-order valence-corrected chi connectivity index (χ3v) is 5.56. The smallest absolute Gasteiger partial charge is 0.250 e. The van der Waals surface area contributed by atoms with E-state index >= 15 is 0 Å². The Labute approximate surface area is 116 Å². The Morgan fingerprint density at radius 2 is 2.26 bits per heavy atom. The number of hydrogen-bond acceptors (Lipinski definition) is 5. The number of hydrogen-bond donors (Lipinski definition) is 2. The van der Waals surface area contributed by atoms with E-state index in [0.717, 1.165) is 22.5 Å². The number of nitrogens with zero attached hydrogens (tertiary/aromatic N) is 1. The van der Waals surface area contributed by atoms with Gasteiger partial charge in [-0.2, -0.15) is 0 Å². The number of nitrogens with one attached hydrogen (secondary N) is 1. The lowest BCUT2D eigenvalue weighted by molar-refractivity contribution is 0.282. The number of pyridine rings is 1. The Bertz CT molecular complexity index is 665. The first-order valence-corrected chi connectivity index (χ1v) is 7.96. The zero-order valence-corrected chi connectivity index (χ0v) is 12.0. The molecule has 0 aliphatic rings. The molecule has 5 nitrogen and oxygen atoms in total. The monoisotopic (exact) mass is 298 g/mol. The van der Waals surface area contributed by atoms with Gasteiger partial charge in [0, 0.05) is 18.9 Å². The van der Waals surface area contributed by atoms with E-state index in [9.17, 15) is 8.42 Å². The molecule has 0 saturated heterocycles. The van der Waals surface area contributed by atoms with Gasteiger partial charge in [-0.25, -0.2) is 13.1 Å². The highest BCUT2D eigenvalue weighted by Crippen LogP contribution is 2.20. The van der Waals surface area contributed by atoms with Crippen molar-refractivity contribution in [2.75, 3.05) is 0 Å². The lowest BCUT2D eigenvalue weighted by Crippen LogP contribution is -2.22. The molecular weight excluding hydrogens is 284 g/mol. The van der Waals surface area contributed by atoms with Crippen molar-refractivity contribution in [1.82, 2.24) is 9.71 Å². The molecule has 0 radical (unpaired) electrons. The van der Waals surface area contributed by atoms with Crippen LogP contribution in [-0.2, 0) is 23.2 Å². The van der Waals surface area contributed by atoms with Crippen LogP contribution in [0.2, 0.25) is 0 Å². The van der Waals surface area contributed by atoms with Gasteiger partial charge in [0.25, 0.3) is 0 Å². The van der Waals surface area contributed by atoms with Crippen LogP contribution < -0.4 is 4.72 Å². The summed E-state index contributed by atoms with van der Waals surface area (Å²) in [4.78, 5) is 3.96. The molecule has 2 aromatic rings. The SMILES string of the molecule is Cc1cnccc1CNS(=O)(=O)c1cc(CO)cs1. The first kappa shape index (κ1) is 14.1. The zero-order chi connectivity index (χ0) is 13.9. The molecule has 0 amide bonds. The summed E-state index contributed by atoms with van der Waals surface area (Å²) in [6.45, 7) is 1.95. The van der Waals surface area contributed by atoms with E-state index in [0.29, 0.717) is 5.56 Å². The molecule has 2 N–H and O–H groups in total. The van der Waals surface area contributed by atoms with Crippen LogP contribution in [0.4, 0.5) is 0 Å². The van der Waals surface area contributed by atoms with E-state index in [1.807, 2.05) is 6.92 Å². The topological polar surface area (TPSA) is 79.3 Å². The first-order chi connectivity index (χ1) is 9.03. The van der Waals surface area contributed by atoms with E-state index in [4.69, 9.17) is 5.11 Å². The van der Waals surface area contributed by atoms with Gasteiger partial charge < -0.3 is 5.11 Å². The molecule has 2 heterocycles. The minimum Gasteiger partial charge on any atom is -0.392 e. The Morgan fingerprint density at radius 1 is 1.47 bits per heavy atom. The van der Waals surface area contributed by atoms with Crippen LogP contribution in [0.5, 0.6) is 0 Å². The number of aryl methyl sites for hydroxylation is 1. The fourth-order valence-corrected chi connectivity index (χ4v) is 3.77. The second-order valence-corrected chi connectivity index (χ2v) is 6.96. The lowest BCUT2D eigenvalue weighted by Gasteiger charge is -2.06.